The lowest BCUT2D eigenvalue weighted by Crippen LogP contribution is -2.43. The van der Waals surface area contributed by atoms with Gasteiger partial charge in [-0.2, -0.15) is 5.10 Å². The summed E-state index contributed by atoms with van der Waals surface area (Å²) in [6.07, 6.45) is 5.28. The van der Waals surface area contributed by atoms with Crippen LogP contribution < -0.4 is 0 Å². The van der Waals surface area contributed by atoms with Gasteiger partial charge in [-0.1, -0.05) is 6.07 Å². The van der Waals surface area contributed by atoms with Gasteiger partial charge in [-0.15, -0.1) is 0 Å². The zero-order valence-corrected chi connectivity index (χ0v) is 15.9. The molecule has 3 rings (SSSR count). The van der Waals surface area contributed by atoms with Gasteiger partial charge in [0.1, 0.15) is 0 Å². The van der Waals surface area contributed by atoms with Gasteiger partial charge in [0.15, 0.2) is 0 Å². The molecular formula is C20H30N4O. The van der Waals surface area contributed by atoms with E-state index in [1.165, 1.54) is 22.4 Å². The molecule has 0 radical (unpaired) electrons. The van der Waals surface area contributed by atoms with Crippen LogP contribution in [0.2, 0.25) is 0 Å². The summed E-state index contributed by atoms with van der Waals surface area (Å²) < 4.78 is 7.95. The molecule has 5 nitrogen and oxygen atoms in total. The molecule has 1 aromatic carbocycles. The molecule has 0 bridgehead atoms. The van der Waals surface area contributed by atoms with Gasteiger partial charge in [0, 0.05) is 38.6 Å². The Hall–Kier alpha value is -1.69. The number of aromatic nitrogens is 2. The summed E-state index contributed by atoms with van der Waals surface area (Å²) in [7, 11) is 4.24. The van der Waals surface area contributed by atoms with E-state index < -0.39 is 0 Å². The van der Waals surface area contributed by atoms with Crippen LogP contribution >= 0.6 is 0 Å². The van der Waals surface area contributed by atoms with Crippen molar-refractivity contribution in [3.63, 3.8) is 0 Å². The van der Waals surface area contributed by atoms with E-state index in [0.29, 0.717) is 6.10 Å². The summed E-state index contributed by atoms with van der Waals surface area (Å²) in [5.41, 5.74) is 5.17. The molecule has 1 atom stereocenters. The lowest BCUT2D eigenvalue weighted by Gasteiger charge is -2.34. The largest absolute Gasteiger partial charge is 0.376 e. The minimum atomic E-state index is 0.329. The van der Waals surface area contributed by atoms with Gasteiger partial charge in [0.2, 0.25) is 0 Å². The molecule has 1 saturated heterocycles. The van der Waals surface area contributed by atoms with E-state index in [1.54, 1.807) is 0 Å². The highest BCUT2D eigenvalue weighted by molar-refractivity contribution is 5.48. The van der Waals surface area contributed by atoms with Crippen molar-refractivity contribution in [3.05, 3.63) is 47.3 Å². The van der Waals surface area contributed by atoms with Crippen LogP contribution in [0.1, 0.15) is 23.1 Å². The maximum atomic E-state index is 5.96. The fourth-order valence-electron chi connectivity index (χ4n) is 3.52. The molecule has 1 aromatic heterocycles. The van der Waals surface area contributed by atoms with E-state index in [4.69, 9.17) is 4.74 Å². The topological polar surface area (TPSA) is 33.5 Å². The number of morpholine rings is 1. The predicted molar refractivity (Wildman–Crippen MR) is 101 cm³/mol. The zero-order chi connectivity index (χ0) is 17.8. The lowest BCUT2D eigenvalue weighted by atomic mass is 10.0. The van der Waals surface area contributed by atoms with Gasteiger partial charge in [-0.3, -0.25) is 4.90 Å². The van der Waals surface area contributed by atoms with E-state index in [1.807, 2.05) is 23.1 Å². The van der Waals surface area contributed by atoms with Crippen LogP contribution in [0.4, 0.5) is 0 Å². The van der Waals surface area contributed by atoms with Crippen molar-refractivity contribution in [2.24, 2.45) is 0 Å². The van der Waals surface area contributed by atoms with E-state index in [9.17, 15) is 0 Å². The SMILES string of the molecule is Cc1cc(C)c(CN2CCOC(CCN(C)C)C2)c(-n2cccn2)c1. The maximum absolute atomic E-state index is 5.96. The average molecular weight is 342 g/mol. The molecule has 1 aliphatic heterocycles. The Kier molecular flexibility index (Phi) is 5.89. The Morgan fingerprint density at radius 1 is 1.28 bits per heavy atom. The van der Waals surface area contributed by atoms with Crippen molar-refractivity contribution in [2.45, 2.75) is 32.9 Å². The van der Waals surface area contributed by atoms with Crippen LogP contribution in [-0.2, 0) is 11.3 Å². The molecule has 2 heterocycles. The van der Waals surface area contributed by atoms with Crippen LogP contribution in [-0.4, -0.2) is 66.0 Å². The summed E-state index contributed by atoms with van der Waals surface area (Å²) in [5, 5.41) is 4.45. The first-order valence-electron chi connectivity index (χ1n) is 9.12. The first kappa shape index (κ1) is 18.1. The van der Waals surface area contributed by atoms with Gasteiger partial charge in [-0.05, 0) is 63.2 Å². The first-order valence-corrected chi connectivity index (χ1v) is 9.12. The maximum Gasteiger partial charge on any atom is 0.0714 e. The van der Waals surface area contributed by atoms with Crippen molar-refractivity contribution in [3.8, 4) is 5.69 Å². The smallest absolute Gasteiger partial charge is 0.0714 e. The molecule has 0 spiro atoms. The highest BCUT2D eigenvalue weighted by atomic mass is 16.5. The Labute approximate surface area is 151 Å². The second-order valence-corrected chi connectivity index (χ2v) is 7.35. The van der Waals surface area contributed by atoms with Gasteiger partial charge < -0.3 is 9.64 Å². The molecule has 0 saturated carbocycles. The molecule has 136 valence electrons. The fraction of sp³-hybridized carbons (Fsp3) is 0.550. The third kappa shape index (κ3) is 4.69. The molecule has 0 aliphatic carbocycles. The molecular weight excluding hydrogens is 312 g/mol. The molecule has 1 aliphatic rings. The van der Waals surface area contributed by atoms with Crippen molar-refractivity contribution < 1.29 is 4.74 Å². The third-order valence-electron chi connectivity index (χ3n) is 4.85. The van der Waals surface area contributed by atoms with Crippen LogP contribution in [0.5, 0.6) is 0 Å². The number of nitrogens with zero attached hydrogens (tertiary/aromatic N) is 4. The van der Waals surface area contributed by atoms with Crippen molar-refractivity contribution >= 4 is 0 Å². The number of hydrogen-bond donors (Lipinski definition) is 0. The Bertz CT molecular complexity index is 681. The summed E-state index contributed by atoms with van der Waals surface area (Å²) in [4.78, 5) is 4.75. The lowest BCUT2D eigenvalue weighted by molar-refractivity contribution is -0.0370. The minimum Gasteiger partial charge on any atom is -0.376 e. The van der Waals surface area contributed by atoms with Crippen LogP contribution in [0.25, 0.3) is 5.69 Å². The minimum absolute atomic E-state index is 0.329. The summed E-state index contributed by atoms with van der Waals surface area (Å²) in [5.74, 6) is 0. The van der Waals surface area contributed by atoms with Crippen molar-refractivity contribution in [1.82, 2.24) is 19.6 Å². The quantitative estimate of drug-likeness (QED) is 0.808. The summed E-state index contributed by atoms with van der Waals surface area (Å²) >= 11 is 0. The predicted octanol–water partition coefficient (Wildman–Crippen LogP) is 2.64. The number of aryl methyl sites for hydroxylation is 2. The fourth-order valence-corrected chi connectivity index (χ4v) is 3.52. The highest BCUT2D eigenvalue weighted by Gasteiger charge is 2.22. The molecule has 0 N–H and O–H groups in total. The number of ether oxygens (including phenoxy) is 1. The Balaban J connectivity index is 1.76. The Morgan fingerprint density at radius 3 is 2.84 bits per heavy atom. The average Bonchev–Trinajstić information content (AvgIpc) is 3.10. The molecule has 2 aromatic rings. The normalized spacial score (nSPS) is 18.8. The summed E-state index contributed by atoms with van der Waals surface area (Å²) in [6.45, 7) is 9.18. The van der Waals surface area contributed by atoms with Crippen molar-refractivity contribution in [1.29, 1.82) is 0 Å². The number of benzene rings is 1. The van der Waals surface area contributed by atoms with Crippen LogP contribution in [0.3, 0.4) is 0 Å². The van der Waals surface area contributed by atoms with Crippen LogP contribution in [0, 0.1) is 13.8 Å². The number of hydrogen-bond acceptors (Lipinski definition) is 4. The zero-order valence-electron chi connectivity index (χ0n) is 15.9. The Morgan fingerprint density at radius 2 is 2.12 bits per heavy atom. The van der Waals surface area contributed by atoms with Gasteiger partial charge in [0.25, 0.3) is 0 Å². The van der Waals surface area contributed by atoms with E-state index in [0.717, 1.165) is 39.2 Å². The van der Waals surface area contributed by atoms with Gasteiger partial charge in [0.05, 0.1) is 18.4 Å². The molecule has 1 fully saturated rings. The molecule has 0 amide bonds. The molecule has 25 heavy (non-hydrogen) atoms. The van der Waals surface area contributed by atoms with E-state index >= 15 is 0 Å². The monoisotopic (exact) mass is 342 g/mol. The van der Waals surface area contributed by atoms with Gasteiger partial charge >= 0.3 is 0 Å². The van der Waals surface area contributed by atoms with E-state index in [2.05, 4.69) is 55.0 Å². The third-order valence-corrected chi connectivity index (χ3v) is 4.85. The molecule has 5 heteroatoms. The first-order chi connectivity index (χ1) is 12.0. The van der Waals surface area contributed by atoms with E-state index in [-0.39, 0.29) is 0 Å². The van der Waals surface area contributed by atoms with Crippen LogP contribution in [0.15, 0.2) is 30.6 Å². The van der Waals surface area contributed by atoms with Crippen molar-refractivity contribution in [2.75, 3.05) is 40.3 Å². The second kappa shape index (κ2) is 8.13. The highest BCUT2D eigenvalue weighted by Crippen LogP contribution is 2.23. The second-order valence-electron chi connectivity index (χ2n) is 7.35. The standard InChI is InChI=1S/C20H30N4O/c1-16-12-17(2)19(20(13-16)24-8-5-7-21-24)15-23-10-11-25-18(14-23)6-9-22(3)4/h5,7-8,12-13,18H,6,9-11,14-15H2,1-4H3. The van der Waals surface area contributed by atoms with Gasteiger partial charge in [-0.25, -0.2) is 4.68 Å². The molecule has 1 unspecified atom stereocenters. The summed E-state index contributed by atoms with van der Waals surface area (Å²) in [6, 6.07) is 6.49. The number of rotatable bonds is 6.